The van der Waals surface area contributed by atoms with Gasteiger partial charge < -0.3 is 10.6 Å². The first-order valence-corrected chi connectivity index (χ1v) is 7.24. The zero-order chi connectivity index (χ0) is 15.2. The summed E-state index contributed by atoms with van der Waals surface area (Å²) in [6.07, 6.45) is 0. The van der Waals surface area contributed by atoms with Gasteiger partial charge in [-0.15, -0.1) is 0 Å². The summed E-state index contributed by atoms with van der Waals surface area (Å²) in [5, 5.41) is 5.33. The summed E-state index contributed by atoms with van der Waals surface area (Å²) < 4.78 is 0.819. The fraction of sp³-hybridized carbons (Fsp3) is 0.125. The quantitative estimate of drug-likeness (QED) is 0.893. The van der Waals surface area contributed by atoms with Crippen LogP contribution in [0.25, 0.3) is 0 Å². The minimum atomic E-state index is -0.282. The standard InChI is InChI=1S/C16H15BrN2O2/c1-11-4-2-7-14(8-11)19-15(20)10-18-16(21)12-5-3-6-13(17)9-12/h2-9H,10H2,1H3,(H,18,21)(H,19,20). The van der Waals surface area contributed by atoms with E-state index < -0.39 is 0 Å². The van der Waals surface area contributed by atoms with Gasteiger partial charge in [-0.1, -0.05) is 34.1 Å². The highest BCUT2D eigenvalue weighted by atomic mass is 79.9. The molecule has 0 saturated heterocycles. The van der Waals surface area contributed by atoms with Crippen LogP contribution in [0.15, 0.2) is 53.0 Å². The van der Waals surface area contributed by atoms with Gasteiger partial charge >= 0.3 is 0 Å². The molecule has 0 bridgehead atoms. The lowest BCUT2D eigenvalue weighted by Gasteiger charge is -2.07. The minimum Gasteiger partial charge on any atom is -0.343 e. The van der Waals surface area contributed by atoms with Crippen molar-refractivity contribution in [1.29, 1.82) is 0 Å². The van der Waals surface area contributed by atoms with Gasteiger partial charge in [0.15, 0.2) is 0 Å². The Morgan fingerprint density at radius 3 is 2.57 bits per heavy atom. The molecule has 0 heterocycles. The lowest BCUT2D eigenvalue weighted by Crippen LogP contribution is -2.32. The Morgan fingerprint density at radius 2 is 1.86 bits per heavy atom. The SMILES string of the molecule is Cc1cccc(NC(=O)CNC(=O)c2cccc(Br)c2)c1. The molecule has 2 rings (SSSR count). The fourth-order valence-electron chi connectivity index (χ4n) is 1.82. The van der Waals surface area contributed by atoms with Crippen LogP contribution in [0.1, 0.15) is 15.9 Å². The van der Waals surface area contributed by atoms with E-state index in [-0.39, 0.29) is 18.4 Å². The van der Waals surface area contributed by atoms with Gasteiger partial charge in [0.05, 0.1) is 6.54 Å². The van der Waals surface area contributed by atoms with Crippen molar-refractivity contribution in [3.05, 3.63) is 64.1 Å². The highest BCUT2D eigenvalue weighted by Gasteiger charge is 2.08. The predicted octanol–water partition coefficient (Wildman–Crippen LogP) is 3.13. The van der Waals surface area contributed by atoms with Crippen molar-refractivity contribution in [3.63, 3.8) is 0 Å². The Kier molecular flexibility index (Phi) is 5.11. The summed E-state index contributed by atoms with van der Waals surface area (Å²) in [4.78, 5) is 23.7. The van der Waals surface area contributed by atoms with Crippen molar-refractivity contribution in [2.24, 2.45) is 0 Å². The number of halogens is 1. The average Bonchev–Trinajstić information content (AvgIpc) is 2.45. The van der Waals surface area contributed by atoms with Crippen molar-refractivity contribution in [3.8, 4) is 0 Å². The van der Waals surface area contributed by atoms with Crippen molar-refractivity contribution in [2.45, 2.75) is 6.92 Å². The molecule has 0 aliphatic heterocycles. The molecule has 108 valence electrons. The van der Waals surface area contributed by atoms with Crippen molar-refractivity contribution in [2.75, 3.05) is 11.9 Å². The van der Waals surface area contributed by atoms with E-state index in [1.165, 1.54) is 0 Å². The van der Waals surface area contributed by atoms with Crippen LogP contribution in [0, 0.1) is 6.92 Å². The van der Waals surface area contributed by atoms with Crippen LogP contribution in [-0.2, 0) is 4.79 Å². The van der Waals surface area contributed by atoms with Crippen LogP contribution in [0.4, 0.5) is 5.69 Å². The molecule has 0 aromatic heterocycles. The van der Waals surface area contributed by atoms with Gasteiger partial charge in [-0.3, -0.25) is 9.59 Å². The smallest absolute Gasteiger partial charge is 0.251 e. The van der Waals surface area contributed by atoms with Gasteiger partial charge in [-0.05, 0) is 42.8 Å². The molecule has 0 unspecified atom stereocenters. The number of nitrogens with one attached hydrogen (secondary N) is 2. The average molecular weight is 347 g/mol. The molecule has 0 saturated carbocycles. The first-order chi connectivity index (χ1) is 10.0. The summed E-state index contributed by atoms with van der Waals surface area (Å²) in [7, 11) is 0. The van der Waals surface area contributed by atoms with E-state index in [1.54, 1.807) is 24.3 Å². The maximum Gasteiger partial charge on any atom is 0.251 e. The summed E-state index contributed by atoms with van der Waals surface area (Å²) >= 11 is 3.30. The topological polar surface area (TPSA) is 58.2 Å². The molecular formula is C16H15BrN2O2. The fourth-order valence-corrected chi connectivity index (χ4v) is 2.22. The van der Waals surface area contributed by atoms with Crippen molar-refractivity contribution in [1.82, 2.24) is 5.32 Å². The zero-order valence-corrected chi connectivity index (χ0v) is 13.1. The Hall–Kier alpha value is -2.14. The molecule has 2 aromatic carbocycles. The third kappa shape index (κ3) is 4.72. The molecule has 0 spiro atoms. The highest BCUT2D eigenvalue weighted by Crippen LogP contribution is 2.11. The van der Waals surface area contributed by atoms with Gasteiger partial charge in [0.2, 0.25) is 5.91 Å². The Morgan fingerprint density at radius 1 is 1.10 bits per heavy atom. The molecule has 2 aromatic rings. The first-order valence-electron chi connectivity index (χ1n) is 6.45. The first kappa shape index (κ1) is 15.3. The third-order valence-corrected chi connectivity index (χ3v) is 3.29. The van der Waals surface area contributed by atoms with E-state index >= 15 is 0 Å². The highest BCUT2D eigenvalue weighted by molar-refractivity contribution is 9.10. The molecule has 2 N–H and O–H groups in total. The second kappa shape index (κ2) is 7.04. The number of carbonyl (C=O) groups is 2. The van der Waals surface area contributed by atoms with E-state index in [0.717, 1.165) is 15.7 Å². The van der Waals surface area contributed by atoms with E-state index in [9.17, 15) is 9.59 Å². The third-order valence-electron chi connectivity index (χ3n) is 2.80. The van der Waals surface area contributed by atoms with Crippen LogP contribution in [0.2, 0.25) is 0 Å². The maximum absolute atomic E-state index is 11.9. The number of hydrogen-bond acceptors (Lipinski definition) is 2. The minimum absolute atomic E-state index is 0.0702. The van der Waals surface area contributed by atoms with Crippen LogP contribution in [-0.4, -0.2) is 18.4 Å². The molecule has 0 fully saturated rings. The Labute approximate surface area is 131 Å². The van der Waals surface area contributed by atoms with Crippen LogP contribution in [0.3, 0.4) is 0 Å². The summed E-state index contributed by atoms with van der Waals surface area (Å²) in [6, 6.07) is 14.5. The van der Waals surface area contributed by atoms with Crippen LogP contribution < -0.4 is 10.6 Å². The molecule has 2 amide bonds. The Bertz CT molecular complexity index is 671. The van der Waals surface area contributed by atoms with Crippen molar-refractivity contribution < 1.29 is 9.59 Å². The van der Waals surface area contributed by atoms with Crippen molar-refractivity contribution >= 4 is 33.4 Å². The number of aryl methyl sites for hydroxylation is 1. The summed E-state index contributed by atoms with van der Waals surface area (Å²) in [6.45, 7) is 1.88. The van der Waals surface area contributed by atoms with Crippen LogP contribution >= 0.6 is 15.9 Å². The Balaban J connectivity index is 1.88. The van der Waals surface area contributed by atoms with Crippen LogP contribution in [0.5, 0.6) is 0 Å². The summed E-state index contributed by atoms with van der Waals surface area (Å²) in [5.41, 5.74) is 2.29. The number of amides is 2. The zero-order valence-electron chi connectivity index (χ0n) is 11.5. The lowest BCUT2D eigenvalue weighted by atomic mass is 10.2. The van der Waals surface area contributed by atoms with Gasteiger partial charge in [0.1, 0.15) is 0 Å². The number of carbonyl (C=O) groups excluding carboxylic acids is 2. The monoisotopic (exact) mass is 346 g/mol. The van der Waals surface area contributed by atoms with E-state index in [4.69, 9.17) is 0 Å². The van der Waals surface area contributed by atoms with Gasteiger partial charge in [0, 0.05) is 15.7 Å². The maximum atomic E-state index is 11.9. The molecule has 0 aliphatic rings. The van der Waals surface area contributed by atoms with Gasteiger partial charge in [-0.25, -0.2) is 0 Å². The van der Waals surface area contributed by atoms with Gasteiger partial charge in [-0.2, -0.15) is 0 Å². The summed E-state index contributed by atoms with van der Waals surface area (Å²) in [5.74, 6) is -0.542. The van der Waals surface area contributed by atoms with E-state index in [2.05, 4.69) is 26.6 Å². The normalized spacial score (nSPS) is 10.0. The van der Waals surface area contributed by atoms with Gasteiger partial charge in [0.25, 0.3) is 5.91 Å². The van der Waals surface area contributed by atoms with E-state index in [0.29, 0.717) is 5.56 Å². The number of hydrogen-bond donors (Lipinski definition) is 2. The molecule has 0 atom stereocenters. The molecule has 0 aliphatic carbocycles. The number of anilines is 1. The molecule has 4 nitrogen and oxygen atoms in total. The number of benzene rings is 2. The molecule has 0 radical (unpaired) electrons. The second-order valence-corrected chi connectivity index (χ2v) is 5.53. The lowest BCUT2D eigenvalue weighted by molar-refractivity contribution is -0.115. The molecule has 5 heteroatoms. The molecular weight excluding hydrogens is 332 g/mol. The number of rotatable bonds is 4. The second-order valence-electron chi connectivity index (χ2n) is 4.61. The molecule has 21 heavy (non-hydrogen) atoms. The van der Waals surface area contributed by atoms with E-state index in [1.807, 2.05) is 31.2 Å². The largest absolute Gasteiger partial charge is 0.343 e. The predicted molar refractivity (Wildman–Crippen MR) is 86.3 cm³/mol.